The molecule has 0 radical (unpaired) electrons. The number of para-hydroxylation sites is 1. The van der Waals surface area contributed by atoms with Crippen molar-refractivity contribution in [3.8, 4) is 51.6 Å². The fourth-order valence-corrected chi connectivity index (χ4v) is 13.6. The second-order valence-corrected chi connectivity index (χ2v) is 25.1. The number of halogens is 2. The van der Waals surface area contributed by atoms with Gasteiger partial charge in [-0.1, -0.05) is 85.4 Å². The molecule has 6 aromatic carbocycles. The molecule has 100 heavy (non-hydrogen) atoms. The molecule has 3 saturated heterocycles. The number of aromatic nitrogens is 9. The molecule has 504 valence electrons. The van der Waals surface area contributed by atoms with Gasteiger partial charge in [-0.2, -0.15) is 0 Å². The molecule has 0 N–H and O–H groups in total. The van der Waals surface area contributed by atoms with E-state index >= 15 is 0 Å². The predicted molar refractivity (Wildman–Crippen MR) is 386 cm³/mol. The van der Waals surface area contributed by atoms with E-state index in [-0.39, 0.29) is 52.9 Å². The average Bonchev–Trinajstić information content (AvgIpc) is 1.62. The van der Waals surface area contributed by atoms with Crippen molar-refractivity contribution in [3.05, 3.63) is 285 Å². The van der Waals surface area contributed by atoms with Crippen LogP contribution in [0.4, 0.5) is 0 Å². The van der Waals surface area contributed by atoms with Gasteiger partial charge in [-0.15, -0.1) is 0 Å². The van der Waals surface area contributed by atoms with Crippen molar-refractivity contribution in [2.45, 2.75) is 51.2 Å². The summed E-state index contributed by atoms with van der Waals surface area (Å²) in [6, 6.07) is 48.0. The van der Waals surface area contributed by atoms with Crippen molar-refractivity contribution in [2.75, 3.05) is 39.3 Å². The molecule has 12 aromatic rings. The highest BCUT2D eigenvalue weighted by Crippen LogP contribution is 2.36. The van der Waals surface area contributed by atoms with Crippen molar-refractivity contribution in [1.82, 2.24) is 57.1 Å². The summed E-state index contributed by atoms with van der Waals surface area (Å²) in [5, 5.41) is 0.774. The fraction of sp³-hybridized carbons (Fsp3) is 0.182. The molecule has 3 aliphatic rings. The van der Waals surface area contributed by atoms with E-state index in [4.69, 9.17) is 37.4 Å². The lowest BCUT2D eigenvalue weighted by Gasteiger charge is -2.15. The Morgan fingerprint density at radius 1 is 0.410 bits per heavy atom. The number of hydrogen-bond acceptors (Lipinski definition) is 12. The summed E-state index contributed by atoms with van der Waals surface area (Å²) in [6.45, 7) is 17.9. The van der Waals surface area contributed by atoms with Gasteiger partial charge in [0.1, 0.15) is 34.5 Å². The third-order valence-electron chi connectivity index (χ3n) is 17.9. The molecule has 0 saturated carbocycles. The normalized spacial score (nSPS) is 15.6. The van der Waals surface area contributed by atoms with Crippen LogP contribution in [0.1, 0.15) is 48.5 Å². The summed E-state index contributed by atoms with van der Waals surface area (Å²) in [5.41, 5.74) is 7.97. The van der Waals surface area contributed by atoms with E-state index in [1.165, 1.54) is 18.2 Å². The second-order valence-electron chi connectivity index (χ2n) is 24.3. The molecule has 0 bridgehead atoms. The molecular formula is C77H68Cl2N12O9. The Hall–Kier alpha value is -11.8. The Bertz CT molecular complexity index is 5330. The van der Waals surface area contributed by atoms with Crippen LogP contribution < -0.4 is 31.3 Å². The first-order valence-corrected chi connectivity index (χ1v) is 33.2. The van der Waals surface area contributed by atoms with Crippen LogP contribution in [-0.4, -0.2) is 114 Å². The van der Waals surface area contributed by atoms with Crippen molar-refractivity contribution in [1.29, 1.82) is 0 Å². The first kappa shape index (κ1) is 66.8. The molecule has 0 aliphatic carbocycles. The number of pyridine rings is 3. The highest BCUT2D eigenvalue weighted by molar-refractivity contribution is 6.32. The minimum absolute atomic E-state index is 0.100. The summed E-state index contributed by atoms with van der Waals surface area (Å²) in [7, 11) is 0. The first-order valence-electron chi connectivity index (χ1n) is 32.4. The summed E-state index contributed by atoms with van der Waals surface area (Å²) >= 11 is 13.1. The number of amides is 3. The molecule has 1 unspecified atom stereocenters. The van der Waals surface area contributed by atoms with Crippen LogP contribution in [-0.2, 0) is 14.4 Å². The molecule has 3 atom stereocenters. The molecule has 15 rings (SSSR count). The lowest BCUT2D eigenvalue weighted by molar-refractivity contribution is -0.125. The fourth-order valence-electron chi connectivity index (χ4n) is 13.2. The Labute approximate surface area is 584 Å². The monoisotopic (exact) mass is 1370 g/mol. The van der Waals surface area contributed by atoms with Crippen molar-refractivity contribution in [2.24, 2.45) is 0 Å². The number of nitrogens with zero attached hydrogens (tertiary/aromatic N) is 12. The number of carbonyl (C=O) groups excluding carboxylic acids is 3. The van der Waals surface area contributed by atoms with Crippen LogP contribution >= 0.6 is 23.2 Å². The molecule has 3 fully saturated rings. The summed E-state index contributed by atoms with van der Waals surface area (Å²) in [5.74, 6) is 3.44. The van der Waals surface area contributed by atoms with Crippen molar-refractivity contribution >= 4 is 74.0 Å². The zero-order chi connectivity index (χ0) is 69.7. The van der Waals surface area contributed by atoms with E-state index in [2.05, 4.69) is 34.7 Å². The van der Waals surface area contributed by atoms with Crippen LogP contribution in [0, 0.1) is 13.8 Å². The Balaban J connectivity index is 0.000000134. The van der Waals surface area contributed by atoms with Crippen molar-refractivity contribution in [3.63, 3.8) is 0 Å². The van der Waals surface area contributed by atoms with Gasteiger partial charge in [0.25, 0.3) is 0 Å². The van der Waals surface area contributed by atoms with Crippen LogP contribution in [0.15, 0.2) is 247 Å². The summed E-state index contributed by atoms with van der Waals surface area (Å²) in [6.07, 6.45) is 16.1. The Morgan fingerprint density at radius 3 is 1.14 bits per heavy atom. The maximum Gasteiger partial charge on any atom is 0.334 e. The highest BCUT2D eigenvalue weighted by Gasteiger charge is 2.33. The van der Waals surface area contributed by atoms with E-state index in [0.29, 0.717) is 120 Å². The number of ether oxygens (including phenoxy) is 3. The molecule has 21 nitrogen and oxygen atoms in total. The molecule has 0 spiro atoms. The zero-order valence-electron chi connectivity index (χ0n) is 54.7. The van der Waals surface area contributed by atoms with Gasteiger partial charge >= 0.3 is 17.1 Å². The standard InChI is InChI=1S/C26H23ClN4O3.C26H24N4O3.C25H21ClN4O3/c1-3-25(32)29-12-10-19(16-29)31-22-9-11-28-15-23(22)30(26(31)33)18-7-8-24(21(27)14-18)34-20-6-4-5-17(2)13-20;1-3-25(31)28-14-12-20(17-28)30-23-11-13-27-16-24(23)29(26(30)32)19-7-9-21(10-8-19)33-22-6-4-5-18(2)15-22;1-2-24(31)28-13-11-18(16-28)30-21-10-12-27-15-22(21)29(25(30)32)17-8-9-23(20(26)14-17)33-19-6-4-3-5-7-19/h3-9,11,13-15,19H,1,10,12,16H2,2H3;3-11,13,15-16,20H,1,12,14,17H2,2H3;2-10,12,14-15,18H,1,11,13,16H2/t;20-;18-/m.11/s1. The van der Waals surface area contributed by atoms with Crippen molar-refractivity contribution < 1.29 is 28.6 Å². The van der Waals surface area contributed by atoms with Gasteiger partial charge in [-0.3, -0.25) is 56.7 Å². The van der Waals surface area contributed by atoms with E-state index in [1.807, 2.05) is 135 Å². The molecule has 3 amide bonds. The van der Waals surface area contributed by atoms with E-state index in [9.17, 15) is 28.8 Å². The molecule has 6 aromatic heterocycles. The largest absolute Gasteiger partial charge is 0.457 e. The SMILES string of the molecule is C=CC(=O)N1CCC(n2c(=O)n(-c3ccc(Oc4cccc(C)c4)c(Cl)c3)c3cnccc32)C1.C=CC(=O)N1CC[C@@H](n2c(=O)n(-c3ccc(Oc4cccc(C)c4)cc3)c3cnccc32)C1.C=CC(=O)N1CC[C@@H](n2c(=O)n(-c3ccc(Oc4ccccc4)c(Cl)c3)c3cnccc32)C1. The lowest BCUT2D eigenvalue weighted by Crippen LogP contribution is -2.31. The Morgan fingerprint density at radius 2 is 0.760 bits per heavy atom. The number of benzene rings is 6. The number of carbonyl (C=O) groups is 3. The van der Waals surface area contributed by atoms with Gasteiger partial charge in [0.15, 0.2) is 0 Å². The maximum absolute atomic E-state index is 13.6. The third-order valence-corrected chi connectivity index (χ3v) is 18.5. The van der Waals surface area contributed by atoms with Crippen LogP contribution in [0.3, 0.4) is 0 Å². The zero-order valence-corrected chi connectivity index (χ0v) is 56.2. The van der Waals surface area contributed by atoms with Crippen LogP contribution in [0.5, 0.6) is 34.5 Å². The predicted octanol–water partition coefficient (Wildman–Crippen LogP) is 13.7. The molecule has 3 aliphatic heterocycles. The molecule has 23 heteroatoms. The van der Waals surface area contributed by atoms with Gasteiger partial charge in [-0.25, -0.2) is 14.4 Å². The van der Waals surface area contributed by atoms with E-state index < -0.39 is 0 Å². The number of fused-ring (bicyclic) bond motifs is 3. The van der Waals surface area contributed by atoms with E-state index in [1.54, 1.807) is 116 Å². The smallest absolute Gasteiger partial charge is 0.334 e. The first-order chi connectivity index (χ1) is 48.6. The Kier molecular flexibility index (Phi) is 19.4. The van der Waals surface area contributed by atoms with Gasteiger partial charge < -0.3 is 28.9 Å². The average molecular weight is 1380 g/mol. The third kappa shape index (κ3) is 13.6. The van der Waals surface area contributed by atoms with E-state index in [0.717, 1.165) is 44.6 Å². The van der Waals surface area contributed by atoms with Gasteiger partial charge in [-0.05, 0) is 178 Å². The topological polar surface area (TPSA) is 208 Å². The maximum atomic E-state index is 13.6. The van der Waals surface area contributed by atoms with Gasteiger partial charge in [0.05, 0.1) is 96.9 Å². The minimum Gasteiger partial charge on any atom is -0.457 e. The molecule has 9 heterocycles. The number of imidazole rings is 3. The van der Waals surface area contributed by atoms with Crippen LogP contribution in [0.2, 0.25) is 10.0 Å². The summed E-state index contributed by atoms with van der Waals surface area (Å²) < 4.78 is 27.9. The molecular weight excluding hydrogens is 1310 g/mol. The second kappa shape index (κ2) is 29.1. The summed E-state index contributed by atoms with van der Waals surface area (Å²) in [4.78, 5) is 94.8. The lowest BCUT2D eigenvalue weighted by atomic mass is 10.2. The quantitative estimate of drug-likeness (QED) is 0.0878. The number of likely N-dealkylation sites (tertiary alicyclic amines) is 3. The highest BCUT2D eigenvalue weighted by atomic mass is 35.5. The van der Waals surface area contributed by atoms with Gasteiger partial charge in [0, 0.05) is 57.9 Å². The number of hydrogen-bond donors (Lipinski definition) is 0. The van der Waals surface area contributed by atoms with Crippen LogP contribution in [0.25, 0.3) is 50.2 Å². The number of rotatable bonds is 15. The number of aryl methyl sites for hydroxylation is 2. The van der Waals surface area contributed by atoms with Gasteiger partial charge in [0.2, 0.25) is 17.7 Å². The minimum atomic E-state index is -0.205.